The van der Waals surface area contributed by atoms with Gasteiger partial charge in [0.25, 0.3) is 5.56 Å². The summed E-state index contributed by atoms with van der Waals surface area (Å²) in [6.07, 6.45) is -3.77. The van der Waals surface area contributed by atoms with Crippen LogP contribution in [0.25, 0.3) is 0 Å². The summed E-state index contributed by atoms with van der Waals surface area (Å²) in [5.41, 5.74) is -1.53. The van der Waals surface area contributed by atoms with Gasteiger partial charge >= 0.3 is 5.69 Å². The van der Waals surface area contributed by atoms with Crippen LogP contribution in [0, 0.1) is 0 Å². The van der Waals surface area contributed by atoms with Gasteiger partial charge in [0.1, 0.15) is 24.4 Å². The Morgan fingerprint density at radius 1 is 1.39 bits per heavy atom. The van der Waals surface area contributed by atoms with Crippen LogP contribution < -0.4 is 16.6 Å². The normalized spacial score (nSPS) is 27.1. The average molecular weight is 329 g/mol. The molecule has 0 saturated carbocycles. The number of amides is 1. The van der Waals surface area contributed by atoms with Crippen molar-refractivity contribution in [3.63, 3.8) is 0 Å². The van der Waals surface area contributed by atoms with Gasteiger partial charge in [-0.05, 0) is 0 Å². The molecular weight excluding hydrogens is 310 g/mol. The van der Waals surface area contributed by atoms with Crippen molar-refractivity contribution in [3.8, 4) is 0 Å². The van der Waals surface area contributed by atoms with Gasteiger partial charge in [-0.1, -0.05) is 0 Å². The van der Waals surface area contributed by atoms with Crippen molar-refractivity contribution < 1.29 is 24.9 Å². The van der Waals surface area contributed by atoms with Gasteiger partial charge in [-0.25, -0.2) is 4.79 Å². The number of aryl methyl sites for hydroxylation is 1. The second-order valence-corrected chi connectivity index (χ2v) is 5.22. The molecule has 23 heavy (non-hydrogen) atoms. The molecule has 4 atom stereocenters. The fourth-order valence-electron chi connectivity index (χ4n) is 2.40. The van der Waals surface area contributed by atoms with E-state index in [2.05, 4.69) is 10.3 Å². The van der Waals surface area contributed by atoms with Crippen molar-refractivity contribution in [2.45, 2.75) is 37.4 Å². The highest BCUT2D eigenvalue weighted by Gasteiger charge is 2.44. The van der Waals surface area contributed by atoms with E-state index in [4.69, 9.17) is 9.84 Å². The second kappa shape index (κ2) is 7.04. The Balaban J connectivity index is 2.31. The van der Waals surface area contributed by atoms with Gasteiger partial charge in [0.05, 0.1) is 12.2 Å². The first kappa shape index (κ1) is 17.3. The lowest BCUT2D eigenvalue weighted by Gasteiger charge is -2.15. The summed E-state index contributed by atoms with van der Waals surface area (Å²) in [6.45, 7) is -0.500. The number of H-pyrrole nitrogens is 1. The maximum absolute atomic E-state index is 11.9. The Bertz CT molecular complexity index is 683. The largest absolute Gasteiger partial charge is 0.394 e. The number of aliphatic hydroxyl groups is 3. The van der Waals surface area contributed by atoms with Crippen LogP contribution in [0.4, 0.5) is 0 Å². The van der Waals surface area contributed by atoms with E-state index in [-0.39, 0.29) is 24.4 Å². The number of nitrogens with one attached hydrogen (secondary N) is 2. The molecule has 1 unspecified atom stereocenters. The molecule has 2 rings (SSSR count). The molecule has 1 aromatic rings. The molecule has 128 valence electrons. The Morgan fingerprint density at radius 2 is 2.09 bits per heavy atom. The minimum atomic E-state index is -1.42. The number of aromatic nitrogens is 2. The highest BCUT2D eigenvalue weighted by atomic mass is 16.6. The van der Waals surface area contributed by atoms with Crippen molar-refractivity contribution >= 4 is 5.91 Å². The molecule has 1 saturated heterocycles. The monoisotopic (exact) mass is 329 g/mol. The summed E-state index contributed by atoms with van der Waals surface area (Å²) in [7, 11) is 1.46. The number of nitrogens with zero attached hydrogens (tertiary/aromatic N) is 1. The number of carbonyl (C=O) groups excluding carboxylic acids is 1. The van der Waals surface area contributed by atoms with E-state index in [0.717, 1.165) is 4.57 Å². The molecule has 0 spiro atoms. The molecule has 1 aliphatic rings. The van der Waals surface area contributed by atoms with Crippen LogP contribution in [0.2, 0.25) is 0 Å². The van der Waals surface area contributed by atoms with E-state index in [1.54, 1.807) is 0 Å². The summed E-state index contributed by atoms with van der Waals surface area (Å²) in [5, 5.41) is 31.2. The molecule has 0 bridgehead atoms. The van der Waals surface area contributed by atoms with Gasteiger partial charge in [0, 0.05) is 26.2 Å². The first-order valence-electron chi connectivity index (χ1n) is 7.05. The number of aliphatic hydroxyl groups excluding tert-OH is 3. The van der Waals surface area contributed by atoms with Crippen molar-refractivity contribution in [2.24, 2.45) is 0 Å². The number of ether oxygens (including phenoxy) is 1. The number of carbonyl (C=O) groups is 1. The number of rotatable bonds is 5. The number of hydrogen-bond acceptors (Lipinski definition) is 7. The first-order valence-corrected chi connectivity index (χ1v) is 7.05. The van der Waals surface area contributed by atoms with Gasteiger partial charge in [-0.3, -0.25) is 19.1 Å². The molecule has 1 fully saturated rings. The highest BCUT2D eigenvalue weighted by molar-refractivity contribution is 5.75. The van der Waals surface area contributed by atoms with Gasteiger partial charge in [0.15, 0.2) is 0 Å². The third-order valence-corrected chi connectivity index (χ3v) is 3.75. The SMILES string of the molecule is CNC(=O)CCn1cc([C@@H]2O[C@H](CO)C(O)[C@@H]2O)c(=O)[nH]c1=O. The summed E-state index contributed by atoms with van der Waals surface area (Å²) in [5.74, 6) is -0.280. The predicted octanol–water partition coefficient (Wildman–Crippen LogP) is -3.17. The van der Waals surface area contributed by atoms with E-state index in [1.165, 1.54) is 13.2 Å². The van der Waals surface area contributed by atoms with E-state index in [9.17, 15) is 24.6 Å². The first-order chi connectivity index (χ1) is 10.9. The predicted molar refractivity (Wildman–Crippen MR) is 76.7 cm³/mol. The van der Waals surface area contributed by atoms with E-state index < -0.39 is 42.3 Å². The molecule has 0 aromatic carbocycles. The highest BCUT2D eigenvalue weighted by Crippen LogP contribution is 2.31. The van der Waals surface area contributed by atoms with E-state index in [0.29, 0.717) is 0 Å². The fraction of sp³-hybridized carbons (Fsp3) is 0.615. The Labute approximate surface area is 130 Å². The lowest BCUT2D eigenvalue weighted by atomic mass is 10.0. The molecular formula is C13H19N3O7. The van der Waals surface area contributed by atoms with Gasteiger partial charge in [-0.2, -0.15) is 0 Å². The van der Waals surface area contributed by atoms with Crippen LogP contribution in [0.5, 0.6) is 0 Å². The van der Waals surface area contributed by atoms with Crippen molar-refractivity contribution in [2.75, 3.05) is 13.7 Å². The summed E-state index contributed by atoms with van der Waals surface area (Å²) >= 11 is 0. The quantitative estimate of drug-likeness (QED) is 0.382. The van der Waals surface area contributed by atoms with Crippen LogP contribution in [0.1, 0.15) is 18.1 Å². The Kier molecular flexibility index (Phi) is 5.31. The molecule has 10 nitrogen and oxygen atoms in total. The molecule has 10 heteroatoms. The topological polar surface area (TPSA) is 154 Å². The van der Waals surface area contributed by atoms with E-state index >= 15 is 0 Å². The van der Waals surface area contributed by atoms with Gasteiger partial charge < -0.3 is 25.4 Å². The molecule has 5 N–H and O–H groups in total. The van der Waals surface area contributed by atoms with Crippen molar-refractivity contribution in [3.05, 3.63) is 32.6 Å². The lowest BCUT2D eigenvalue weighted by molar-refractivity contribution is -0.120. The molecule has 0 aliphatic carbocycles. The maximum atomic E-state index is 11.9. The number of hydrogen-bond donors (Lipinski definition) is 5. The van der Waals surface area contributed by atoms with Crippen LogP contribution in [-0.2, 0) is 16.1 Å². The zero-order valence-corrected chi connectivity index (χ0v) is 12.4. The van der Waals surface area contributed by atoms with Crippen LogP contribution in [0.3, 0.4) is 0 Å². The fourth-order valence-corrected chi connectivity index (χ4v) is 2.40. The molecule has 0 radical (unpaired) electrons. The smallest absolute Gasteiger partial charge is 0.328 e. The molecule has 1 aliphatic heterocycles. The minimum Gasteiger partial charge on any atom is -0.394 e. The van der Waals surface area contributed by atoms with Crippen LogP contribution >= 0.6 is 0 Å². The zero-order valence-electron chi connectivity index (χ0n) is 12.4. The Morgan fingerprint density at radius 3 is 2.65 bits per heavy atom. The summed E-state index contributed by atoms with van der Waals surface area (Å²) in [6, 6.07) is 0. The van der Waals surface area contributed by atoms with Crippen molar-refractivity contribution in [1.82, 2.24) is 14.9 Å². The standard InChI is InChI=1S/C13H19N3O7/c1-14-8(18)2-3-16-4-6(12(21)15-13(16)22)11-10(20)9(19)7(5-17)23-11/h4,7,9-11,17,19-20H,2-3,5H2,1H3,(H,14,18)(H,15,21,22)/t7-,9?,10+,11+/m1/s1. The van der Waals surface area contributed by atoms with Gasteiger partial charge in [-0.15, -0.1) is 0 Å². The van der Waals surface area contributed by atoms with Crippen LogP contribution in [0.15, 0.2) is 15.8 Å². The van der Waals surface area contributed by atoms with Gasteiger partial charge in [0.2, 0.25) is 5.91 Å². The van der Waals surface area contributed by atoms with E-state index in [1.807, 2.05) is 0 Å². The molecule has 2 heterocycles. The minimum absolute atomic E-state index is 0.0249. The third-order valence-electron chi connectivity index (χ3n) is 3.75. The zero-order chi connectivity index (χ0) is 17.1. The Hall–Kier alpha value is -2.01. The summed E-state index contributed by atoms with van der Waals surface area (Å²) < 4.78 is 6.39. The second-order valence-electron chi connectivity index (χ2n) is 5.22. The summed E-state index contributed by atoms with van der Waals surface area (Å²) in [4.78, 5) is 37.0. The lowest BCUT2D eigenvalue weighted by Crippen LogP contribution is -2.36. The third kappa shape index (κ3) is 3.50. The van der Waals surface area contributed by atoms with Crippen molar-refractivity contribution in [1.29, 1.82) is 0 Å². The molecule has 1 amide bonds. The van der Waals surface area contributed by atoms with Crippen LogP contribution in [-0.4, -0.2) is 62.7 Å². The average Bonchev–Trinajstić information content (AvgIpc) is 2.81. The molecule has 1 aromatic heterocycles. The maximum Gasteiger partial charge on any atom is 0.328 e. The number of aromatic amines is 1.